The van der Waals surface area contributed by atoms with Gasteiger partial charge in [0.15, 0.2) is 0 Å². The molecular weight excluding hydrogens is 160 g/mol. The Balaban J connectivity index is 2.71. The Morgan fingerprint density at radius 2 is 2.31 bits per heavy atom. The second-order valence-corrected chi connectivity index (χ2v) is 3.99. The van der Waals surface area contributed by atoms with Crippen molar-refractivity contribution < 1.29 is 5.11 Å². The summed E-state index contributed by atoms with van der Waals surface area (Å²) in [6.07, 6.45) is 6.94. The summed E-state index contributed by atoms with van der Waals surface area (Å²) in [5, 5.41) is 10.3. The van der Waals surface area contributed by atoms with Gasteiger partial charge < -0.3 is 5.11 Å². The number of hydrogen-bond donors (Lipinski definition) is 1. The first-order valence-corrected chi connectivity index (χ1v) is 5.19. The van der Waals surface area contributed by atoms with Gasteiger partial charge >= 0.3 is 0 Å². The average Bonchev–Trinajstić information content (AvgIpc) is 2.41. The Bertz CT molecular complexity index is 227. The zero-order chi connectivity index (χ0) is 9.90. The SMILES string of the molecule is C=CC1=C(C)C(O)(CCCC)CC1. The molecule has 74 valence electrons. The first kappa shape index (κ1) is 10.5. The predicted octanol–water partition coefficient (Wildman–Crippen LogP) is 3.20. The van der Waals surface area contributed by atoms with Crippen molar-refractivity contribution in [2.45, 2.75) is 51.6 Å². The van der Waals surface area contributed by atoms with Crippen LogP contribution in [0, 0.1) is 0 Å². The molecule has 0 saturated carbocycles. The largest absolute Gasteiger partial charge is 0.385 e. The van der Waals surface area contributed by atoms with Crippen molar-refractivity contribution in [1.82, 2.24) is 0 Å². The number of hydrogen-bond acceptors (Lipinski definition) is 1. The number of rotatable bonds is 4. The van der Waals surface area contributed by atoms with Crippen LogP contribution in [0.3, 0.4) is 0 Å². The molecule has 1 unspecified atom stereocenters. The minimum absolute atomic E-state index is 0.514. The van der Waals surface area contributed by atoms with Gasteiger partial charge in [0.2, 0.25) is 0 Å². The lowest BCUT2D eigenvalue weighted by Crippen LogP contribution is -2.26. The molecule has 0 radical (unpaired) electrons. The standard InChI is InChI=1S/C12H20O/c1-4-6-8-12(13)9-7-11(5-2)10(12)3/h5,13H,2,4,6-9H2,1,3H3. The molecule has 0 bridgehead atoms. The van der Waals surface area contributed by atoms with Gasteiger partial charge in [0, 0.05) is 0 Å². The van der Waals surface area contributed by atoms with Crippen LogP contribution in [-0.2, 0) is 0 Å². The maximum atomic E-state index is 10.3. The summed E-state index contributed by atoms with van der Waals surface area (Å²) in [5.41, 5.74) is 1.88. The predicted molar refractivity (Wildman–Crippen MR) is 56.6 cm³/mol. The first-order chi connectivity index (χ1) is 6.14. The molecule has 1 N–H and O–H groups in total. The van der Waals surface area contributed by atoms with Gasteiger partial charge in [-0.15, -0.1) is 0 Å². The monoisotopic (exact) mass is 180 g/mol. The second-order valence-electron chi connectivity index (χ2n) is 3.99. The topological polar surface area (TPSA) is 20.2 Å². The van der Waals surface area contributed by atoms with E-state index in [1.54, 1.807) is 0 Å². The summed E-state index contributed by atoms with van der Waals surface area (Å²) in [7, 11) is 0. The maximum Gasteiger partial charge on any atom is 0.0862 e. The molecule has 13 heavy (non-hydrogen) atoms. The van der Waals surface area contributed by atoms with E-state index >= 15 is 0 Å². The van der Waals surface area contributed by atoms with Crippen LogP contribution in [0.15, 0.2) is 23.8 Å². The van der Waals surface area contributed by atoms with Crippen molar-refractivity contribution in [1.29, 1.82) is 0 Å². The molecule has 1 nitrogen and oxygen atoms in total. The fraction of sp³-hybridized carbons (Fsp3) is 0.667. The quantitative estimate of drug-likeness (QED) is 0.704. The van der Waals surface area contributed by atoms with E-state index in [0.29, 0.717) is 0 Å². The number of allylic oxidation sites excluding steroid dienone is 2. The summed E-state index contributed by atoms with van der Waals surface area (Å²) in [6.45, 7) is 7.97. The van der Waals surface area contributed by atoms with Gasteiger partial charge in [0.05, 0.1) is 5.60 Å². The minimum Gasteiger partial charge on any atom is -0.385 e. The van der Waals surface area contributed by atoms with E-state index in [1.807, 2.05) is 13.0 Å². The molecule has 1 atom stereocenters. The molecule has 0 aliphatic heterocycles. The zero-order valence-corrected chi connectivity index (χ0v) is 8.77. The molecule has 0 spiro atoms. The molecule has 0 saturated heterocycles. The fourth-order valence-electron chi connectivity index (χ4n) is 2.05. The van der Waals surface area contributed by atoms with Crippen molar-refractivity contribution in [3.63, 3.8) is 0 Å². The summed E-state index contributed by atoms with van der Waals surface area (Å²) >= 11 is 0. The third kappa shape index (κ3) is 2.02. The van der Waals surface area contributed by atoms with Crippen LogP contribution in [0.4, 0.5) is 0 Å². The highest BCUT2D eigenvalue weighted by Crippen LogP contribution is 2.39. The zero-order valence-electron chi connectivity index (χ0n) is 8.77. The van der Waals surface area contributed by atoms with E-state index in [9.17, 15) is 5.11 Å². The van der Waals surface area contributed by atoms with E-state index in [0.717, 1.165) is 37.7 Å². The van der Waals surface area contributed by atoms with Gasteiger partial charge in [0.1, 0.15) is 0 Å². The van der Waals surface area contributed by atoms with Crippen molar-refractivity contribution in [3.8, 4) is 0 Å². The molecule has 0 aromatic heterocycles. The summed E-state index contributed by atoms with van der Waals surface area (Å²) in [4.78, 5) is 0. The third-order valence-electron chi connectivity index (χ3n) is 3.18. The van der Waals surface area contributed by atoms with Gasteiger partial charge in [0.25, 0.3) is 0 Å². The lowest BCUT2D eigenvalue weighted by atomic mass is 9.90. The third-order valence-corrected chi connectivity index (χ3v) is 3.18. The average molecular weight is 180 g/mol. The van der Waals surface area contributed by atoms with Gasteiger partial charge in [-0.05, 0) is 37.3 Å². The van der Waals surface area contributed by atoms with E-state index in [1.165, 1.54) is 5.57 Å². The Hall–Kier alpha value is -0.560. The number of aliphatic hydroxyl groups is 1. The highest BCUT2D eigenvalue weighted by atomic mass is 16.3. The molecule has 1 heteroatoms. The summed E-state index contributed by atoms with van der Waals surface area (Å²) in [6, 6.07) is 0. The lowest BCUT2D eigenvalue weighted by molar-refractivity contribution is 0.0677. The summed E-state index contributed by atoms with van der Waals surface area (Å²) in [5.74, 6) is 0. The van der Waals surface area contributed by atoms with Gasteiger partial charge in [-0.25, -0.2) is 0 Å². The normalized spacial score (nSPS) is 28.2. The number of unbranched alkanes of at least 4 members (excludes halogenated alkanes) is 1. The Labute approximate surface area is 81.2 Å². The highest BCUT2D eigenvalue weighted by Gasteiger charge is 2.34. The van der Waals surface area contributed by atoms with E-state index in [4.69, 9.17) is 0 Å². The first-order valence-electron chi connectivity index (χ1n) is 5.19. The minimum atomic E-state index is -0.514. The smallest absolute Gasteiger partial charge is 0.0862 e. The molecule has 0 fully saturated rings. The van der Waals surface area contributed by atoms with Gasteiger partial charge in [-0.3, -0.25) is 0 Å². The van der Waals surface area contributed by atoms with E-state index in [-0.39, 0.29) is 0 Å². The van der Waals surface area contributed by atoms with Crippen LogP contribution < -0.4 is 0 Å². The fourth-order valence-corrected chi connectivity index (χ4v) is 2.05. The van der Waals surface area contributed by atoms with E-state index < -0.39 is 5.60 Å². The summed E-state index contributed by atoms with van der Waals surface area (Å²) < 4.78 is 0. The van der Waals surface area contributed by atoms with Crippen LogP contribution in [0.1, 0.15) is 46.0 Å². The van der Waals surface area contributed by atoms with Crippen LogP contribution in [0.2, 0.25) is 0 Å². The van der Waals surface area contributed by atoms with Crippen molar-refractivity contribution in [3.05, 3.63) is 23.8 Å². The second kappa shape index (κ2) is 4.10. The van der Waals surface area contributed by atoms with Crippen molar-refractivity contribution in [2.24, 2.45) is 0 Å². The van der Waals surface area contributed by atoms with Gasteiger partial charge in [-0.1, -0.05) is 32.4 Å². The van der Waals surface area contributed by atoms with Crippen molar-refractivity contribution >= 4 is 0 Å². The maximum absolute atomic E-state index is 10.3. The van der Waals surface area contributed by atoms with Crippen molar-refractivity contribution in [2.75, 3.05) is 0 Å². The lowest BCUT2D eigenvalue weighted by Gasteiger charge is -2.24. The molecule has 1 aliphatic carbocycles. The van der Waals surface area contributed by atoms with Gasteiger partial charge in [-0.2, -0.15) is 0 Å². The molecular formula is C12H20O. The van der Waals surface area contributed by atoms with Crippen LogP contribution in [0.5, 0.6) is 0 Å². The Kier molecular flexibility index (Phi) is 3.32. The van der Waals surface area contributed by atoms with Crippen LogP contribution in [0.25, 0.3) is 0 Å². The molecule has 0 heterocycles. The Morgan fingerprint density at radius 1 is 1.62 bits per heavy atom. The molecule has 0 aromatic rings. The molecule has 1 aliphatic rings. The van der Waals surface area contributed by atoms with Crippen LogP contribution >= 0.6 is 0 Å². The highest BCUT2D eigenvalue weighted by molar-refractivity contribution is 5.34. The van der Waals surface area contributed by atoms with E-state index in [2.05, 4.69) is 13.5 Å². The molecule has 0 amide bonds. The van der Waals surface area contributed by atoms with Crippen LogP contribution in [-0.4, -0.2) is 10.7 Å². The Morgan fingerprint density at radius 3 is 2.77 bits per heavy atom. The molecule has 1 rings (SSSR count). The molecule has 0 aromatic carbocycles.